The Kier molecular flexibility index (Phi) is 4.60. The van der Waals surface area contributed by atoms with Crippen LogP contribution in [0, 0.1) is 6.92 Å². The molecule has 0 aliphatic heterocycles. The molecule has 0 fully saturated rings. The van der Waals surface area contributed by atoms with E-state index in [0.717, 1.165) is 16.1 Å². The number of aryl methyl sites for hydroxylation is 1. The molecule has 5 heteroatoms. The third kappa shape index (κ3) is 4.15. The molecular formula is C15H19NO2S2. The molecule has 1 aromatic heterocycles. The highest BCUT2D eigenvalue weighted by atomic mass is 32.2. The maximum Gasteiger partial charge on any atom is 0.160 e. The van der Waals surface area contributed by atoms with Gasteiger partial charge in [-0.3, -0.25) is 0 Å². The highest BCUT2D eigenvalue weighted by molar-refractivity contribution is 7.89. The second kappa shape index (κ2) is 6.06. The summed E-state index contributed by atoms with van der Waals surface area (Å²) < 4.78 is 24.4. The van der Waals surface area contributed by atoms with Crippen LogP contribution in [0.4, 0.5) is 0 Å². The number of sulfone groups is 1. The van der Waals surface area contributed by atoms with E-state index in [2.05, 4.69) is 18.8 Å². The van der Waals surface area contributed by atoms with Crippen molar-refractivity contribution in [2.75, 3.05) is 0 Å². The second-order valence-electron chi connectivity index (χ2n) is 5.35. The monoisotopic (exact) mass is 309 g/mol. The minimum atomic E-state index is -3.17. The van der Waals surface area contributed by atoms with Gasteiger partial charge < -0.3 is 0 Å². The van der Waals surface area contributed by atoms with Crippen LogP contribution in [0.2, 0.25) is 0 Å². The van der Waals surface area contributed by atoms with E-state index in [9.17, 15) is 8.42 Å². The Labute approximate surface area is 124 Å². The highest BCUT2D eigenvalue weighted by Crippen LogP contribution is 2.21. The van der Waals surface area contributed by atoms with E-state index in [4.69, 9.17) is 0 Å². The van der Waals surface area contributed by atoms with Gasteiger partial charge in [0.05, 0.1) is 22.2 Å². The van der Waals surface area contributed by atoms with E-state index in [1.54, 1.807) is 0 Å². The molecule has 20 heavy (non-hydrogen) atoms. The molecule has 0 aliphatic carbocycles. The normalized spacial score (nSPS) is 12.0. The molecular weight excluding hydrogens is 290 g/mol. The summed E-state index contributed by atoms with van der Waals surface area (Å²) in [5, 5.41) is 2.84. The van der Waals surface area contributed by atoms with Crippen molar-refractivity contribution in [1.29, 1.82) is 0 Å². The summed E-state index contributed by atoms with van der Waals surface area (Å²) in [7, 11) is -3.17. The minimum absolute atomic E-state index is 0.0180. The van der Waals surface area contributed by atoms with Gasteiger partial charge in [0.15, 0.2) is 9.84 Å². The molecule has 0 atom stereocenters. The fourth-order valence-electron chi connectivity index (χ4n) is 1.99. The van der Waals surface area contributed by atoms with Crippen LogP contribution < -0.4 is 0 Å². The summed E-state index contributed by atoms with van der Waals surface area (Å²) >= 11 is 1.53. The zero-order valence-corrected chi connectivity index (χ0v) is 13.6. The summed E-state index contributed by atoms with van der Waals surface area (Å²) in [6.45, 7) is 6.08. The molecule has 3 nitrogen and oxygen atoms in total. The second-order valence-corrected chi connectivity index (χ2v) is 8.31. The lowest BCUT2D eigenvalue weighted by molar-refractivity contribution is 0.594. The van der Waals surface area contributed by atoms with Crippen molar-refractivity contribution < 1.29 is 8.42 Å². The lowest BCUT2D eigenvalue weighted by atomic mass is 10.2. The Hall–Kier alpha value is -1.20. The molecule has 0 aliphatic rings. The van der Waals surface area contributed by atoms with Crippen molar-refractivity contribution >= 4 is 21.2 Å². The molecule has 1 aromatic carbocycles. The van der Waals surface area contributed by atoms with Gasteiger partial charge in [-0.2, -0.15) is 0 Å². The minimum Gasteiger partial charge on any atom is -0.245 e. The Bertz CT molecular complexity index is 687. The van der Waals surface area contributed by atoms with Gasteiger partial charge in [-0.15, -0.1) is 11.3 Å². The quantitative estimate of drug-likeness (QED) is 0.846. The van der Waals surface area contributed by atoms with Gasteiger partial charge in [0.1, 0.15) is 0 Å². The van der Waals surface area contributed by atoms with Crippen LogP contribution in [0.15, 0.2) is 29.6 Å². The number of hydrogen-bond donors (Lipinski definition) is 0. The van der Waals surface area contributed by atoms with E-state index in [1.807, 2.05) is 36.6 Å². The van der Waals surface area contributed by atoms with Crippen molar-refractivity contribution in [3.63, 3.8) is 0 Å². The molecule has 0 amide bonds. The third-order valence-electron chi connectivity index (χ3n) is 2.90. The number of nitrogens with zero attached hydrogens (tertiary/aromatic N) is 1. The number of benzene rings is 1. The molecule has 0 bridgehead atoms. The number of aromatic nitrogens is 1. The van der Waals surface area contributed by atoms with Gasteiger partial charge in [-0.1, -0.05) is 43.7 Å². The van der Waals surface area contributed by atoms with E-state index < -0.39 is 9.84 Å². The first-order valence-electron chi connectivity index (χ1n) is 6.56. The summed E-state index contributed by atoms with van der Waals surface area (Å²) in [6.07, 6.45) is 0. The van der Waals surface area contributed by atoms with Crippen molar-refractivity contribution in [3.05, 3.63) is 51.5 Å². The fraction of sp³-hybridized carbons (Fsp3) is 0.400. The zero-order valence-electron chi connectivity index (χ0n) is 12.0. The van der Waals surface area contributed by atoms with Crippen molar-refractivity contribution in [2.24, 2.45) is 0 Å². The lowest BCUT2D eigenvalue weighted by Crippen LogP contribution is -2.08. The standard InChI is InChI=1S/C15H19NO2S2/c1-11(2)15-16-14(8-19-15)10-20(17,18)9-13-6-4-5-12(3)7-13/h4-8,11H,9-10H2,1-3H3. The van der Waals surface area contributed by atoms with Crippen molar-refractivity contribution in [2.45, 2.75) is 38.2 Å². The first-order chi connectivity index (χ1) is 9.35. The van der Waals surface area contributed by atoms with Gasteiger partial charge in [-0.05, 0) is 12.5 Å². The first-order valence-corrected chi connectivity index (χ1v) is 9.26. The average Bonchev–Trinajstić information content (AvgIpc) is 2.75. The Balaban J connectivity index is 2.10. The molecule has 0 saturated heterocycles. The predicted octanol–water partition coefficient (Wildman–Crippen LogP) is 3.69. The summed E-state index contributed by atoms with van der Waals surface area (Å²) in [5.41, 5.74) is 2.57. The van der Waals surface area contributed by atoms with Gasteiger partial charge in [0, 0.05) is 11.3 Å². The molecule has 0 N–H and O–H groups in total. The van der Waals surface area contributed by atoms with Gasteiger partial charge >= 0.3 is 0 Å². The SMILES string of the molecule is Cc1cccc(CS(=O)(=O)Cc2csc(C(C)C)n2)c1. The van der Waals surface area contributed by atoms with Crippen molar-refractivity contribution in [1.82, 2.24) is 4.98 Å². The van der Waals surface area contributed by atoms with E-state index in [-0.39, 0.29) is 11.5 Å². The number of rotatable bonds is 5. The zero-order chi connectivity index (χ0) is 14.8. The molecule has 1 heterocycles. The molecule has 0 unspecified atom stereocenters. The van der Waals surface area contributed by atoms with Gasteiger partial charge in [0.2, 0.25) is 0 Å². The van der Waals surface area contributed by atoms with Crippen LogP contribution in [0.5, 0.6) is 0 Å². The first kappa shape index (κ1) is 15.2. The molecule has 2 aromatic rings. The van der Waals surface area contributed by atoms with Crippen LogP contribution in [0.25, 0.3) is 0 Å². The molecule has 0 radical (unpaired) electrons. The van der Waals surface area contributed by atoms with Crippen LogP contribution in [0.1, 0.15) is 41.6 Å². The molecule has 0 saturated carbocycles. The smallest absolute Gasteiger partial charge is 0.160 e. The van der Waals surface area contributed by atoms with Crippen LogP contribution in [-0.2, 0) is 21.3 Å². The van der Waals surface area contributed by atoms with E-state index in [0.29, 0.717) is 11.6 Å². The van der Waals surface area contributed by atoms with E-state index >= 15 is 0 Å². The maximum absolute atomic E-state index is 12.2. The topological polar surface area (TPSA) is 47.0 Å². The molecule has 2 rings (SSSR count). The van der Waals surface area contributed by atoms with Crippen molar-refractivity contribution in [3.8, 4) is 0 Å². The van der Waals surface area contributed by atoms with Gasteiger partial charge in [0.25, 0.3) is 0 Å². The Morgan fingerprint density at radius 2 is 2.00 bits per heavy atom. The molecule has 108 valence electrons. The summed E-state index contributed by atoms with van der Waals surface area (Å²) in [4.78, 5) is 4.39. The van der Waals surface area contributed by atoms with E-state index in [1.165, 1.54) is 11.3 Å². The van der Waals surface area contributed by atoms with Crippen LogP contribution in [0.3, 0.4) is 0 Å². The average molecular weight is 309 g/mol. The lowest BCUT2D eigenvalue weighted by Gasteiger charge is -2.04. The molecule has 0 spiro atoms. The Morgan fingerprint density at radius 1 is 1.25 bits per heavy atom. The summed E-state index contributed by atoms with van der Waals surface area (Å²) in [6, 6.07) is 7.62. The largest absolute Gasteiger partial charge is 0.245 e. The fourth-order valence-corrected chi connectivity index (χ4v) is 4.31. The van der Waals surface area contributed by atoms with Gasteiger partial charge in [-0.25, -0.2) is 13.4 Å². The van der Waals surface area contributed by atoms with Crippen LogP contribution >= 0.6 is 11.3 Å². The third-order valence-corrected chi connectivity index (χ3v) is 5.60. The summed E-state index contributed by atoms with van der Waals surface area (Å²) in [5.74, 6) is 0.432. The highest BCUT2D eigenvalue weighted by Gasteiger charge is 2.16. The number of thiazole rings is 1. The van der Waals surface area contributed by atoms with Crippen LogP contribution in [-0.4, -0.2) is 13.4 Å². The Morgan fingerprint density at radius 3 is 2.60 bits per heavy atom. The maximum atomic E-state index is 12.2. The number of hydrogen-bond acceptors (Lipinski definition) is 4. The predicted molar refractivity (Wildman–Crippen MR) is 83.7 cm³/mol.